The minimum atomic E-state index is 0.305. The van der Waals surface area contributed by atoms with Gasteiger partial charge < -0.3 is 10.5 Å². The Balaban J connectivity index is 2.92. The Labute approximate surface area is 75.9 Å². The molecule has 1 aromatic carbocycles. The van der Waals surface area contributed by atoms with Crippen LogP contribution >= 0.6 is 11.8 Å². The van der Waals surface area contributed by atoms with E-state index in [-0.39, 0.29) is 0 Å². The van der Waals surface area contributed by atoms with E-state index in [1.54, 1.807) is 31.4 Å². The van der Waals surface area contributed by atoms with Gasteiger partial charge in [0.2, 0.25) is 0 Å². The van der Waals surface area contributed by atoms with Gasteiger partial charge >= 0.3 is 0 Å². The molecule has 0 saturated heterocycles. The van der Waals surface area contributed by atoms with Crippen LogP contribution in [0.4, 0.5) is 0 Å². The summed E-state index contributed by atoms with van der Waals surface area (Å²) in [5.74, 6) is 1.08. The molecule has 0 aliphatic rings. The second kappa shape index (κ2) is 3.97. The molecule has 0 radical (unpaired) electrons. The zero-order valence-electron chi connectivity index (χ0n) is 6.62. The van der Waals surface area contributed by atoms with Crippen molar-refractivity contribution in [1.82, 2.24) is 0 Å². The maximum atomic E-state index is 5.46. The summed E-state index contributed by atoms with van der Waals surface area (Å²) in [5.41, 5.74) is 6.25. The van der Waals surface area contributed by atoms with Gasteiger partial charge in [-0.3, -0.25) is 0 Å². The van der Waals surface area contributed by atoms with E-state index in [9.17, 15) is 0 Å². The topological polar surface area (TPSA) is 47.6 Å². The predicted molar refractivity (Wildman–Crippen MR) is 49.6 cm³/mol. The Hall–Kier alpha value is -1.22. The van der Waals surface area contributed by atoms with Crippen LogP contribution in [0.3, 0.4) is 0 Å². The van der Waals surface area contributed by atoms with Crippen molar-refractivity contribution in [3.05, 3.63) is 29.8 Å². The molecule has 12 heavy (non-hydrogen) atoms. The van der Waals surface area contributed by atoms with Crippen molar-refractivity contribution < 1.29 is 4.74 Å². The monoisotopic (exact) mass is 184 g/mol. The quantitative estimate of drug-likeness (QED) is 0.560. The Bertz CT molecular complexity index is 282. The molecule has 0 spiro atoms. The summed E-state index contributed by atoms with van der Waals surface area (Å²) in [6, 6.07) is 7.18. The summed E-state index contributed by atoms with van der Waals surface area (Å²) in [5, 5.41) is 0. The molecule has 0 bridgehead atoms. The van der Waals surface area contributed by atoms with Crippen LogP contribution < -0.4 is 10.5 Å². The summed E-state index contributed by atoms with van der Waals surface area (Å²) < 4.78 is 8.31. The van der Waals surface area contributed by atoms with Crippen LogP contribution in [-0.2, 0) is 0 Å². The van der Waals surface area contributed by atoms with E-state index in [4.69, 9.17) is 22.2 Å². The van der Waals surface area contributed by atoms with Gasteiger partial charge in [0.1, 0.15) is 11.6 Å². The third-order valence-electron chi connectivity index (χ3n) is 1.48. The number of hydrogen-bond acceptors (Lipinski definition) is 2. The van der Waals surface area contributed by atoms with Gasteiger partial charge in [-0.25, -0.2) is 0 Å². The van der Waals surface area contributed by atoms with Gasteiger partial charge in [0.05, 0.1) is 7.11 Å². The van der Waals surface area contributed by atoms with Gasteiger partial charge in [-0.05, 0) is 24.3 Å². The molecule has 1 aromatic rings. The standard InChI is InChI=1S/C8H9ClN2O/c1-12-7-4-2-6(3-5-7)8(10)11-9/h2-5H,1H3,(H2,10,11). The Kier molecular flexibility index (Phi) is 2.94. The van der Waals surface area contributed by atoms with E-state index in [1.807, 2.05) is 0 Å². The van der Waals surface area contributed by atoms with Crippen molar-refractivity contribution in [3.8, 4) is 5.75 Å². The molecular weight excluding hydrogens is 176 g/mol. The molecule has 0 unspecified atom stereocenters. The number of hydrogen-bond donors (Lipinski definition) is 1. The first-order valence-corrected chi connectivity index (χ1v) is 3.70. The Morgan fingerprint density at radius 1 is 1.42 bits per heavy atom. The number of benzene rings is 1. The van der Waals surface area contributed by atoms with E-state index in [0.29, 0.717) is 5.84 Å². The summed E-state index contributed by atoms with van der Waals surface area (Å²) in [6.45, 7) is 0. The zero-order valence-corrected chi connectivity index (χ0v) is 7.38. The van der Waals surface area contributed by atoms with Crippen LogP contribution in [0.5, 0.6) is 5.75 Å². The largest absolute Gasteiger partial charge is 0.497 e. The molecule has 0 aliphatic heterocycles. The number of nitrogens with two attached hydrogens (primary N) is 1. The minimum Gasteiger partial charge on any atom is -0.497 e. The lowest BCUT2D eigenvalue weighted by atomic mass is 10.2. The van der Waals surface area contributed by atoms with Gasteiger partial charge in [-0.2, -0.15) is 4.51 Å². The number of nitrogens with zero attached hydrogens (tertiary/aromatic N) is 1. The highest BCUT2D eigenvalue weighted by atomic mass is 35.5. The van der Waals surface area contributed by atoms with Gasteiger partial charge in [0.25, 0.3) is 0 Å². The second-order valence-electron chi connectivity index (χ2n) is 2.20. The molecule has 0 heterocycles. The molecule has 1 rings (SSSR count). The zero-order chi connectivity index (χ0) is 8.97. The van der Waals surface area contributed by atoms with E-state index in [2.05, 4.69) is 4.51 Å². The lowest BCUT2D eigenvalue weighted by molar-refractivity contribution is 0.415. The number of methoxy groups -OCH3 is 1. The predicted octanol–water partition coefficient (Wildman–Crippen LogP) is 1.55. The van der Waals surface area contributed by atoms with Crippen LogP contribution in [0.15, 0.2) is 28.8 Å². The van der Waals surface area contributed by atoms with E-state index in [0.717, 1.165) is 11.3 Å². The van der Waals surface area contributed by atoms with E-state index >= 15 is 0 Å². The normalized spacial score (nSPS) is 11.3. The number of rotatable bonds is 2. The van der Waals surface area contributed by atoms with Crippen LogP contribution in [-0.4, -0.2) is 12.9 Å². The molecule has 0 aliphatic carbocycles. The fraction of sp³-hybridized carbons (Fsp3) is 0.125. The summed E-state index contributed by atoms with van der Waals surface area (Å²) in [7, 11) is 1.61. The number of ether oxygens (including phenoxy) is 1. The number of amidine groups is 1. The maximum Gasteiger partial charge on any atom is 0.145 e. The third kappa shape index (κ3) is 1.89. The molecule has 0 saturated carbocycles. The van der Waals surface area contributed by atoms with Crippen molar-refractivity contribution in [2.24, 2.45) is 10.2 Å². The summed E-state index contributed by atoms with van der Waals surface area (Å²) in [6.07, 6.45) is 0. The molecule has 2 N–H and O–H groups in total. The highest BCUT2D eigenvalue weighted by Crippen LogP contribution is 2.10. The highest BCUT2D eigenvalue weighted by Gasteiger charge is 1.97. The highest BCUT2D eigenvalue weighted by molar-refractivity contribution is 6.22. The minimum absolute atomic E-state index is 0.305. The fourth-order valence-electron chi connectivity index (χ4n) is 0.811. The molecule has 0 aromatic heterocycles. The third-order valence-corrected chi connectivity index (χ3v) is 1.66. The SMILES string of the molecule is COc1ccc(/C(N)=N/Cl)cc1. The average Bonchev–Trinajstić information content (AvgIpc) is 2.17. The molecular formula is C8H9ClN2O. The second-order valence-corrected chi connectivity index (χ2v) is 2.37. The van der Waals surface area contributed by atoms with Crippen molar-refractivity contribution in [2.75, 3.05) is 7.11 Å². The van der Waals surface area contributed by atoms with Crippen LogP contribution in [0, 0.1) is 0 Å². The van der Waals surface area contributed by atoms with Crippen molar-refractivity contribution in [2.45, 2.75) is 0 Å². The Morgan fingerprint density at radius 2 is 2.00 bits per heavy atom. The fourth-order valence-corrected chi connectivity index (χ4v) is 0.908. The smallest absolute Gasteiger partial charge is 0.145 e. The maximum absolute atomic E-state index is 5.46. The molecule has 64 valence electrons. The summed E-state index contributed by atoms with van der Waals surface area (Å²) in [4.78, 5) is 0. The van der Waals surface area contributed by atoms with Gasteiger partial charge in [0.15, 0.2) is 0 Å². The molecule has 0 amide bonds. The van der Waals surface area contributed by atoms with E-state index in [1.165, 1.54) is 0 Å². The van der Waals surface area contributed by atoms with Gasteiger partial charge in [-0.15, -0.1) is 0 Å². The van der Waals surface area contributed by atoms with Crippen molar-refractivity contribution >= 4 is 17.6 Å². The van der Waals surface area contributed by atoms with Gasteiger partial charge in [0, 0.05) is 17.3 Å². The first-order chi connectivity index (χ1) is 5.77. The molecule has 0 atom stereocenters. The molecule has 0 fully saturated rings. The van der Waals surface area contributed by atoms with Crippen molar-refractivity contribution in [3.63, 3.8) is 0 Å². The average molecular weight is 185 g/mol. The first-order valence-electron chi connectivity index (χ1n) is 3.37. The van der Waals surface area contributed by atoms with Gasteiger partial charge in [-0.1, -0.05) is 0 Å². The molecule has 3 nitrogen and oxygen atoms in total. The Morgan fingerprint density at radius 3 is 2.42 bits per heavy atom. The number of halogens is 1. The summed E-state index contributed by atoms with van der Waals surface area (Å²) >= 11 is 5.19. The lowest BCUT2D eigenvalue weighted by Crippen LogP contribution is -2.11. The first kappa shape index (κ1) is 8.87. The van der Waals surface area contributed by atoms with E-state index < -0.39 is 0 Å². The molecule has 4 heteroatoms. The van der Waals surface area contributed by atoms with Crippen molar-refractivity contribution in [1.29, 1.82) is 0 Å². The van der Waals surface area contributed by atoms with Crippen LogP contribution in [0.2, 0.25) is 0 Å². The van der Waals surface area contributed by atoms with Crippen LogP contribution in [0.25, 0.3) is 0 Å². The lowest BCUT2D eigenvalue weighted by Gasteiger charge is -2.00. The van der Waals surface area contributed by atoms with Crippen LogP contribution in [0.1, 0.15) is 5.56 Å².